The Morgan fingerprint density at radius 1 is 1.34 bits per heavy atom. The lowest BCUT2D eigenvalue weighted by Crippen LogP contribution is -2.58. The predicted octanol–water partition coefficient (Wildman–Crippen LogP) is 1.76. The van der Waals surface area contributed by atoms with Gasteiger partial charge in [0, 0.05) is 32.0 Å². The van der Waals surface area contributed by atoms with E-state index in [1.807, 2.05) is 0 Å². The molecule has 1 amide bonds. The maximum Gasteiger partial charge on any atom is 0.220 e. The molecule has 2 fully saturated rings. The van der Waals surface area contributed by atoms with Crippen LogP contribution in [-0.4, -0.2) is 70.4 Å². The van der Waals surface area contributed by atoms with Gasteiger partial charge in [0.2, 0.25) is 5.91 Å². The number of ether oxygens (including phenoxy) is 1. The molecule has 0 spiro atoms. The van der Waals surface area contributed by atoms with Gasteiger partial charge >= 0.3 is 0 Å². The summed E-state index contributed by atoms with van der Waals surface area (Å²) in [5, 5.41) is 13.8. The van der Waals surface area contributed by atoms with Gasteiger partial charge in [-0.3, -0.25) is 9.69 Å². The number of H-pyrrole nitrogens is 1. The highest BCUT2D eigenvalue weighted by atomic mass is 19.1. The van der Waals surface area contributed by atoms with Crippen molar-refractivity contribution in [3.8, 4) is 0 Å². The smallest absolute Gasteiger partial charge is 0.220 e. The van der Waals surface area contributed by atoms with Gasteiger partial charge in [0.15, 0.2) is 0 Å². The highest BCUT2D eigenvalue weighted by Crippen LogP contribution is 2.25. The number of aromatic nitrogens is 2. The molecule has 4 rings (SSSR count). The lowest BCUT2D eigenvalue weighted by Gasteiger charge is -2.43. The van der Waals surface area contributed by atoms with Gasteiger partial charge in [0.05, 0.1) is 36.4 Å². The van der Waals surface area contributed by atoms with Crippen LogP contribution in [0.2, 0.25) is 0 Å². The number of aliphatic hydroxyl groups excluding tert-OH is 1. The summed E-state index contributed by atoms with van der Waals surface area (Å²) in [5.41, 5.74) is 1.40. The first-order chi connectivity index (χ1) is 14.1. The van der Waals surface area contributed by atoms with E-state index in [0.29, 0.717) is 38.0 Å². The highest BCUT2D eigenvalue weighted by Gasteiger charge is 2.36. The van der Waals surface area contributed by atoms with E-state index >= 15 is 0 Å². The molecule has 1 aromatic heterocycles. The number of hydrogen-bond donors (Lipinski definition) is 3. The third-order valence-corrected chi connectivity index (χ3v) is 5.99. The van der Waals surface area contributed by atoms with Crippen LogP contribution in [0.4, 0.5) is 4.39 Å². The Balaban J connectivity index is 1.25. The third kappa shape index (κ3) is 4.94. The molecule has 2 heterocycles. The minimum atomic E-state index is -0.545. The Morgan fingerprint density at radius 3 is 3.00 bits per heavy atom. The van der Waals surface area contributed by atoms with Crippen LogP contribution in [-0.2, 0) is 16.0 Å². The number of nitrogens with zero attached hydrogens (tertiary/aromatic N) is 2. The number of rotatable bonds is 6. The lowest BCUT2D eigenvalue weighted by molar-refractivity contribution is -0.124. The molecule has 158 valence electrons. The highest BCUT2D eigenvalue weighted by molar-refractivity contribution is 5.76. The van der Waals surface area contributed by atoms with Crippen LogP contribution in [0.3, 0.4) is 0 Å². The van der Waals surface area contributed by atoms with E-state index < -0.39 is 6.10 Å². The number of aryl methyl sites for hydroxylation is 1. The number of carbonyl (C=O) groups excluding carboxylic acids is 1. The molecule has 8 heteroatoms. The minimum absolute atomic E-state index is 0.0427. The molecule has 7 nitrogen and oxygen atoms in total. The molecule has 3 N–H and O–H groups in total. The van der Waals surface area contributed by atoms with Gasteiger partial charge in [0.25, 0.3) is 0 Å². The van der Waals surface area contributed by atoms with Gasteiger partial charge in [-0.15, -0.1) is 0 Å². The molecule has 29 heavy (non-hydrogen) atoms. The summed E-state index contributed by atoms with van der Waals surface area (Å²) in [7, 11) is 0. The van der Waals surface area contributed by atoms with Crippen LogP contribution in [0.25, 0.3) is 11.0 Å². The van der Waals surface area contributed by atoms with E-state index in [4.69, 9.17) is 4.74 Å². The maximum atomic E-state index is 13.3. The summed E-state index contributed by atoms with van der Waals surface area (Å²) in [5.74, 6) is 0.413. The number of aliphatic hydroxyl groups is 1. The average Bonchev–Trinajstić information content (AvgIpc) is 3.12. The fourth-order valence-corrected chi connectivity index (χ4v) is 4.47. The quantitative estimate of drug-likeness (QED) is 0.683. The molecule has 1 saturated carbocycles. The zero-order chi connectivity index (χ0) is 20.2. The Labute approximate surface area is 169 Å². The summed E-state index contributed by atoms with van der Waals surface area (Å²) in [6.07, 6.45) is 3.85. The monoisotopic (exact) mass is 404 g/mol. The normalized spacial score (nSPS) is 25.9. The second-order valence-corrected chi connectivity index (χ2v) is 8.01. The van der Waals surface area contributed by atoms with Crippen molar-refractivity contribution in [2.24, 2.45) is 0 Å². The average molecular weight is 404 g/mol. The van der Waals surface area contributed by atoms with Gasteiger partial charge in [-0.25, -0.2) is 9.37 Å². The third-order valence-electron chi connectivity index (χ3n) is 5.99. The number of carbonyl (C=O) groups is 1. The number of imidazole rings is 1. The number of nitrogens with one attached hydrogen (secondary N) is 2. The molecule has 1 aliphatic heterocycles. The van der Waals surface area contributed by atoms with Crippen LogP contribution in [0, 0.1) is 5.82 Å². The van der Waals surface area contributed by atoms with E-state index in [1.54, 1.807) is 6.07 Å². The van der Waals surface area contributed by atoms with Gasteiger partial charge < -0.3 is 20.1 Å². The Hall–Kier alpha value is -2.03. The first-order valence-electron chi connectivity index (χ1n) is 10.5. The van der Waals surface area contributed by atoms with Crippen LogP contribution >= 0.6 is 0 Å². The number of morpholine rings is 1. The van der Waals surface area contributed by atoms with Gasteiger partial charge in [-0.05, 0) is 43.9 Å². The Bertz CT molecular complexity index is 836. The second-order valence-electron chi connectivity index (χ2n) is 8.01. The van der Waals surface area contributed by atoms with Crippen molar-refractivity contribution < 1.29 is 19.0 Å². The maximum absolute atomic E-state index is 13.3. The van der Waals surface area contributed by atoms with Crippen molar-refractivity contribution in [3.63, 3.8) is 0 Å². The Kier molecular flexibility index (Phi) is 6.42. The fourth-order valence-electron chi connectivity index (χ4n) is 4.47. The molecule has 2 aliphatic rings. The van der Waals surface area contributed by atoms with Crippen molar-refractivity contribution in [1.82, 2.24) is 20.2 Å². The molecule has 1 aliphatic carbocycles. The zero-order valence-electron chi connectivity index (χ0n) is 16.6. The number of hydrogen-bond acceptors (Lipinski definition) is 5. The lowest BCUT2D eigenvalue weighted by atomic mass is 9.86. The summed E-state index contributed by atoms with van der Waals surface area (Å²) in [4.78, 5) is 22.2. The van der Waals surface area contributed by atoms with Crippen molar-refractivity contribution in [2.45, 2.75) is 56.7 Å². The van der Waals surface area contributed by atoms with Crippen LogP contribution in [0.15, 0.2) is 18.2 Å². The standard InChI is InChI=1S/C21H29FN4O3/c22-14-7-8-15-17(13-14)24-19(23-15)5-2-6-20(27)25-16-3-1-4-18(21(16)28)26-9-11-29-12-10-26/h7-8,13,16,18,21,28H,1-6,9-12H2,(H,23,24)(H,25,27)/t16-,18-,21-/m1/s1. The first-order valence-corrected chi connectivity index (χ1v) is 10.5. The molecule has 1 aromatic carbocycles. The molecule has 0 radical (unpaired) electrons. The van der Waals surface area contributed by atoms with Gasteiger partial charge in [-0.1, -0.05) is 0 Å². The van der Waals surface area contributed by atoms with Crippen molar-refractivity contribution in [1.29, 1.82) is 0 Å². The zero-order valence-corrected chi connectivity index (χ0v) is 16.6. The van der Waals surface area contributed by atoms with Crippen molar-refractivity contribution in [3.05, 3.63) is 29.8 Å². The number of fused-ring (bicyclic) bond motifs is 1. The van der Waals surface area contributed by atoms with E-state index in [2.05, 4.69) is 20.2 Å². The van der Waals surface area contributed by atoms with E-state index in [9.17, 15) is 14.3 Å². The van der Waals surface area contributed by atoms with Gasteiger partial charge in [-0.2, -0.15) is 0 Å². The number of benzene rings is 1. The fraction of sp³-hybridized carbons (Fsp3) is 0.619. The van der Waals surface area contributed by atoms with Crippen LogP contribution in [0.5, 0.6) is 0 Å². The predicted molar refractivity (Wildman–Crippen MR) is 107 cm³/mol. The molecule has 1 saturated heterocycles. The molecular formula is C21H29FN4O3. The number of halogens is 1. The molecule has 2 aromatic rings. The first kappa shape index (κ1) is 20.3. The van der Waals surface area contributed by atoms with Crippen molar-refractivity contribution >= 4 is 16.9 Å². The summed E-state index contributed by atoms with van der Waals surface area (Å²) < 4.78 is 18.7. The van der Waals surface area contributed by atoms with E-state index in [1.165, 1.54) is 12.1 Å². The van der Waals surface area contributed by atoms with Crippen LogP contribution < -0.4 is 5.32 Å². The number of aromatic amines is 1. The van der Waals surface area contributed by atoms with Gasteiger partial charge in [0.1, 0.15) is 11.6 Å². The molecule has 3 atom stereocenters. The minimum Gasteiger partial charge on any atom is -0.389 e. The second kappa shape index (κ2) is 9.19. The molecular weight excluding hydrogens is 375 g/mol. The van der Waals surface area contributed by atoms with Crippen LogP contribution in [0.1, 0.15) is 37.9 Å². The molecule has 0 bridgehead atoms. The summed E-state index contributed by atoms with van der Waals surface area (Å²) in [6.45, 7) is 3.08. The SMILES string of the molecule is O=C(CCCc1nc2ccc(F)cc2[nH]1)N[C@@H]1CCC[C@@H](N2CCOCC2)[C@@H]1O. The van der Waals surface area contributed by atoms with E-state index in [-0.39, 0.29) is 23.8 Å². The number of amides is 1. The van der Waals surface area contributed by atoms with Crippen molar-refractivity contribution in [2.75, 3.05) is 26.3 Å². The summed E-state index contributed by atoms with van der Waals surface area (Å²) >= 11 is 0. The molecule has 0 unspecified atom stereocenters. The summed E-state index contributed by atoms with van der Waals surface area (Å²) in [6, 6.07) is 4.35. The topological polar surface area (TPSA) is 90.5 Å². The van der Waals surface area contributed by atoms with E-state index in [0.717, 1.165) is 43.7 Å². The Morgan fingerprint density at radius 2 is 2.17 bits per heavy atom. The largest absolute Gasteiger partial charge is 0.389 e.